The Morgan fingerprint density at radius 3 is 2.79 bits per heavy atom. The first-order chi connectivity index (χ1) is 6.95. The van der Waals surface area contributed by atoms with Gasteiger partial charge in [0.15, 0.2) is 0 Å². The average molecular weight is 204 g/mol. The standard InChI is InChI=1S/C11H12N2S/c1-2-6-10-9(5-1)11(14-12-10)13-7-3-4-8-13/h1-2,5-6H,3-4,7-8H2. The number of hydrogen-bond acceptors (Lipinski definition) is 3. The van der Waals surface area contributed by atoms with Crippen LogP contribution in [0.25, 0.3) is 10.9 Å². The number of hydrogen-bond donors (Lipinski definition) is 0. The summed E-state index contributed by atoms with van der Waals surface area (Å²) in [7, 11) is 0. The molecular weight excluding hydrogens is 192 g/mol. The summed E-state index contributed by atoms with van der Waals surface area (Å²) in [5.41, 5.74) is 1.14. The fourth-order valence-electron chi connectivity index (χ4n) is 2.02. The molecule has 1 aromatic carbocycles. The van der Waals surface area contributed by atoms with Crippen LogP contribution < -0.4 is 4.90 Å². The van der Waals surface area contributed by atoms with Crippen LogP contribution in [0.5, 0.6) is 0 Å². The van der Waals surface area contributed by atoms with Gasteiger partial charge in [-0.05, 0) is 36.5 Å². The molecule has 2 heterocycles. The predicted octanol–water partition coefficient (Wildman–Crippen LogP) is 2.90. The zero-order chi connectivity index (χ0) is 9.38. The van der Waals surface area contributed by atoms with E-state index >= 15 is 0 Å². The van der Waals surface area contributed by atoms with Crippen molar-refractivity contribution in [1.82, 2.24) is 4.37 Å². The zero-order valence-corrected chi connectivity index (χ0v) is 8.76. The molecule has 0 aliphatic carbocycles. The van der Waals surface area contributed by atoms with E-state index in [1.165, 1.54) is 36.3 Å². The Bertz CT molecular complexity index is 443. The molecule has 0 spiro atoms. The second kappa shape index (κ2) is 3.24. The van der Waals surface area contributed by atoms with Crippen LogP contribution in [0.3, 0.4) is 0 Å². The topological polar surface area (TPSA) is 16.1 Å². The molecule has 14 heavy (non-hydrogen) atoms. The highest BCUT2D eigenvalue weighted by Crippen LogP contribution is 2.32. The van der Waals surface area contributed by atoms with Crippen molar-refractivity contribution in [2.45, 2.75) is 12.8 Å². The average Bonchev–Trinajstić information content (AvgIpc) is 2.85. The second-order valence-electron chi connectivity index (χ2n) is 3.70. The van der Waals surface area contributed by atoms with E-state index in [4.69, 9.17) is 0 Å². The van der Waals surface area contributed by atoms with Gasteiger partial charge >= 0.3 is 0 Å². The van der Waals surface area contributed by atoms with Crippen LogP contribution in [-0.2, 0) is 0 Å². The molecule has 0 unspecified atom stereocenters. The van der Waals surface area contributed by atoms with Crippen LogP contribution in [0.1, 0.15) is 12.8 Å². The molecule has 0 atom stereocenters. The molecular formula is C11H12N2S. The largest absolute Gasteiger partial charge is 0.362 e. The number of benzene rings is 1. The Morgan fingerprint density at radius 2 is 1.93 bits per heavy atom. The van der Waals surface area contributed by atoms with Gasteiger partial charge in [-0.25, -0.2) is 0 Å². The monoisotopic (exact) mass is 204 g/mol. The number of anilines is 1. The van der Waals surface area contributed by atoms with Gasteiger partial charge in [-0.3, -0.25) is 0 Å². The van der Waals surface area contributed by atoms with Crippen molar-refractivity contribution in [2.75, 3.05) is 18.0 Å². The quantitative estimate of drug-likeness (QED) is 0.710. The van der Waals surface area contributed by atoms with Gasteiger partial charge in [-0.15, -0.1) is 0 Å². The van der Waals surface area contributed by atoms with Crippen molar-refractivity contribution in [3.05, 3.63) is 24.3 Å². The van der Waals surface area contributed by atoms with Gasteiger partial charge in [0.1, 0.15) is 5.00 Å². The third kappa shape index (κ3) is 1.20. The van der Waals surface area contributed by atoms with Crippen molar-refractivity contribution in [1.29, 1.82) is 0 Å². The Hall–Kier alpha value is -1.09. The molecule has 3 heteroatoms. The van der Waals surface area contributed by atoms with Gasteiger partial charge in [-0.2, -0.15) is 4.37 Å². The lowest BCUT2D eigenvalue weighted by molar-refractivity contribution is 0.949. The van der Waals surface area contributed by atoms with E-state index < -0.39 is 0 Å². The zero-order valence-electron chi connectivity index (χ0n) is 7.94. The molecule has 1 aliphatic rings. The fraction of sp³-hybridized carbons (Fsp3) is 0.364. The summed E-state index contributed by atoms with van der Waals surface area (Å²) in [5, 5.41) is 2.68. The van der Waals surface area contributed by atoms with Gasteiger partial charge < -0.3 is 4.90 Å². The minimum Gasteiger partial charge on any atom is -0.362 e. The number of aromatic nitrogens is 1. The van der Waals surface area contributed by atoms with Crippen LogP contribution in [-0.4, -0.2) is 17.5 Å². The van der Waals surface area contributed by atoms with Crippen molar-refractivity contribution >= 4 is 27.4 Å². The van der Waals surface area contributed by atoms with E-state index in [2.05, 4.69) is 33.5 Å². The maximum Gasteiger partial charge on any atom is 0.119 e. The smallest absolute Gasteiger partial charge is 0.119 e. The van der Waals surface area contributed by atoms with E-state index in [-0.39, 0.29) is 0 Å². The van der Waals surface area contributed by atoms with Gasteiger partial charge in [0.05, 0.1) is 5.52 Å². The lowest BCUT2D eigenvalue weighted by Crippen LogP contribution is -2.16. The number of fused-ring (bicyclic) bond motifs is 1. The number of nitrogens with zero attached hydrogens (tertiary/aromatic N) is 2. The van der Waals surface area contributed by atoms with Crippen molar-refractivity contribution < 1.29 is 0 Å². The summed E-state index contributed by atoms with van der Waals surface area (Å²) in [6.07, 6.45) is 2.65. The minimum absolute atomic E-state index is 1.14. The normalized spacial score (nSPS) is 16.7. The molecule has 2 nitrogen and oxygen atoms in total. The highest BCUT2D eigenvalue weighted by molar-refractivity contribution is 7.11. The van der Waals surface area contributed by atoms with E-state index in [0.717, 1.165) is 5.52 Å². The summed E-state index contributed by atoms with van der Waals surface area (Å²) >= 11 is 1.64. The molecule has 1 fully saturated rings. The highest BCUT2D eigenvalue weighted by Gasteiger charge is 2.16. The molecule has 2 aromatic rings. The first-order valence-corrected chi connectivity index (χ1v) is 5.82. The molecule has 0 N–H and O–H groups in total. The van der Waals surface area contributed by atoms with Crippen LogP contribution in [0.15, 0.2) is 24.3 Å². The molecule has 0 saturated carbocycles. The van der Waals surface area contributed by atoms with E-state index in [9.17, 15) is 0 Å². The van der Waals surface area contributed by atoms with Crippen molar-refractivity contribution in [2.24, 2.45) is 0 Å². The molecule has 72 valence electrons. The third-order valence-electron chi connectivity index (χ3n) is 2.76. The Kier molecular flexibility index (Phi) is 1.91. The van der Waals surface area contributed by atoms with Gasteiger partial charge in [-0.1, -0.05) is 12.1 Å². The molecule has 0 bridgehead atoms. The highest BCUT2D eigenvalue weighted by atomic mass is 32.1. The molecule has 1 aliphatic heterocycles. The summed E-state index contributed by atoms with van der Waals surface area (Å²) < 4.78 is 4.46. The summed E-state index contributed by atoms with van der Waals surface area (Å²) in [4.78, 5) is 2.46. The van der Waals surface area contributed by atoms with Crippen LogP contribution in [0, 0.1) is 0 Å². The van der Waals surface area contributed by atoms with E-state index in [1.807, 2.05) is 0 Å². The maximum absolute atomic E-state index is 4.46. The van der Waals surface area contributed by atoms with Gasteiger partial charge in [0.2, 0.25) is 0 Å². The summed E-state index contributed by atoms with van der Waals surface area (Å²) in [5.74, 6) is 0. The molecule has 0 amide bonds. The molecule has 3 rings (SSSR count). The third-order valence-corrected chi connectivity index (χ3v) is 3.70. The van der Waals surface area contributed by atoms with Crippen LogP contribution in [0.4, 0.5) is 5.00 Å². The molecule has 1 saturated heterocycles. The second-order valence-corrected chi connectivity index (χ2v) is 4.45. The SMILES string of the molecule is c1ccc2c(N3CCCC3)snc2c1. The summed E-state index contributed by atoms with van der Waals surface area (Å²) in [6, 6.07) is 8.41. The number of rotatable bonds is 1. The first-order valence-electron chi connectivity index (χ1n) is 5.04. The van der Waals surface area contributed by atoms with Gasteiger partial charge in [0, 0.05) is 18.5 Å². The van der Waals surface area contributed by atoms with Crippen molar-refractivity contribution in [3.8, 4) is 0 Å². The van der Waals surface area contributed by atoms with E-state index in [0.29, 0.717) is 0 Å². The Morgan fingerprint density at radius 1 is 1.14 bits per heavy atom. The van der Waals surface area contributed by atoms with Crippen molar-refractivity contribution in [3.63, 3.8) is 0 Å². The maximum atomic E-state index is 4.46. The minimum atomic E-state index is 1.14. The lowest BCUT2D eigenvalue weighted by atomic mass is 10.2. The first kappa shape index (κ1) is 8.24. The molecule has 1 aromatic heterocycles. The Labute approximate surface area is 87.3 Å². The fourth-order valence-corrected chi connectivity index (χ4v) is 2.94. The Balaban J connectivity index is 2.11. The van der Waals surface area contributed by atoms with Crippen LogP contribution >= 0.6 is 11.5 Å². The summed E-state index contributed by atoms with van der Waals surface area (Å²) in [6.45, 7) is 2.40. The van der Waals surface area contributed by atoms with Gasteiger partial charge in [0.25, 0.3) is 0 Å². The van der Waals surface area contributed by atoms with Crippen LogP contribution in [0.2, 0.25) is 0 Å². The lowest BCUT2D eigenvalue weighted by Gasteiger charge is -2.14. The molecule has 0 radical (unpaired) electrons. The van der Waals surface area contributed by atoms with E-state index in [1.54, 1.807) is 11.5 Å². The predicted molar refractivity (Wildman–Crippen MR) is 61.1 cm³/mol.